The lowest BCUT2D eigenvalue weighted by Crippen LogP contribution is -2.20. The highest BCUT2D eigenvalue weighted by atomic mass is 32.2. The first-order valence-corrected chi connectivity index (χ1v) is 10.0. The molecule has 9 heteroatoms. The molecule has 0 spiro atoms. The molecule has 0 unspecified atom stereocenters. The van der Waals surface area contributed by atoms with Gasteiger partial charge < -0.3 is 4.74 Å². The summed E-state index contributed by atoms with van der Waals surface area (Å²) >= 11 is 2.54. The third-order valence-corrected chi connectivity index (χ3v) is 5.59. The summed E-state index contributed by atoms with van der Waals surface area (Å²) in [5.74, 6) is 0.115. The van der Waals surface area contributed by atoms with Crippen LogP contribution in [0.1, 0.15) is 22.8 Å². The van der Waals surface area contributed by atoms with Crippen LogP contribution in [0.15, 0.2) is 52.9 Å². The van der Waals surface area contributed by atoms with E-state index in [4.69, 9.17) is 4.74 Å². The summed E-state index contributed by atoms with van der Waals surface area (Å²) in [6, 6.07) is 13.2. The van der Waals surface area contributed by atoms with Crippen LogP contribution in [-0.2, 0) is 10.5 Å². The van der Waals surface area contributed by atoms with Gasteiger partial charge in [-0.2, -0.15) is 0 Å². The molecule has 28 heavy (non-hydrogen) atoms. The number of benzene rings is 2. The van der Waals surface area contributed by atoms with Gasteiger partial charge in [0, 0.05) is 11.3 Å². The molecular formula is C19H16FN3O3S2. The van der Waals surface area contributed by atoms with Gasteiger partial charge in [0.25, 0.3) is 5.91 Å². The number of aromatic nitrogens is 2. The van der Waals surface area contributed by atoms with Gasteiger partial charge in [-0.25, -0.2) is 4.39 Å². The number of nitrogens with one attached hydrogen (secondary N) is 1. The number of anilines is 1. The number of carbonyl (C=O) groups excluding carboxylic acids is 2. The maximum Gasteiger partial charge on any atom is 0.264 e. The molecule has 0 atom stereocenters. The van der Waals surface area contributed by atoms with Crippen LogP contribution < -0.4 is 10.1 Å². The first-order chi connectivity index (χ1) is 13.5. The lowest BCUT2D eigenvalue weighted by molar-refractivity contribution is -0.118. The quantitative estimate of drug-likeness (QED) is 0.336. The van der Waals surface area contributed by atoms with Gasteiger partial charge >= 0.3 is 0 Å². The Morgan fingerprint density at radius 2 is 2.00 bits per heavy atom. The van der Waals surface area contributed by atoms with Gasteiger partial charge in [0.05, 0.1) is 0 Å². The minimum Gasteiger partial charge on any atom is -0.484 e. The molecule has 2 aromatic carbocycles. The Labute approximate surface area is 169 Å². The van der Waals surface area contributed by atoms with Gasteiger partial charge in [0.2, 0.25) is 5.13 Å². The maximum absolute atomic E-state index is 13.6. The van der Waals surface area contributed by atoms with Crippen LogP contribution in [0.25, 0.3) is 0 Å². The van der Waals surface area contributed by atoms with Gasteiger partial charge in [0.15, 0.2) is 16.7 Å². The van der Waals surface area contributed by atoms with E-state index >= 15 is 0 Å². The Hall–Kier alpha value is -2.78. The molecule has 1 aromatic heterocycles. The molecule has 144 valence electrons. The highest BCUT2D eigenvalue weighted by molar-refractivity contribution is 8.00. The number of rotatable bonds is 8. The molecule has 1 heterocycles. The molecule has 0 aliphatic rings. The average Bonchev–Trinajstić information content (AvgIpc) is 3.13. The number of ether oxygens (including phenoxy) is 1. The van der Waals surface area contributed by atoms with E-state index in [1.54, 1.807) is 42.5 Å². The van der Waals surface area contributed by atoms with Crippen LogP contribution in [0.5, 0.6) is 5.75 Å². The van der Waals surface area contributed by atoms with E-state index < -0.39 is 5.91 Å². The van der Waals surface area contributed by atoms with Crippen LogP contribution in [0.3, 0.4) is 0 Å². The normalized spacial score (nSPS) is 10.5. The van der Waals surface area contributed by atoms with Crippen molar-refractivity contribution in [1.82, 2.24) is 10.2 Å². The van der Waals surface area contributed by atoms with E-state index in [9.17, 15) is 14.0 Å². The van der Waals surface area contributed by atoms with Crippen molar-refractivity contribution in [1.29, 1.82) is 0 Å². The van der Waals surface area contributed by atoms with Crippen molar-refractivity contribution in [2.75, 3.05) is 11.9 Å². The molecule has 1 amide bonds. The Kier molecular flexibility index (Phi) is 6.72. The fourth-order valence-corrected chi connectivity index (χ4v) is 3.94. The van der Waals surface area contributed by atoms with Crippen LogP contribution >= 0.6 is 23.1 Å². The fraction of sp³-hybridized carbons (Fsp3) is 0.158. The Balaban J connectivity index is 1.49. The zero-order valence-corrected chi connectivity index (χ0v) is 16.5. The van der Waals surface area contributed by atoms with Gasteiger partial charge in [-0.05, 0) is 30.7 Å². The molecule has 3 rings (SSSR count). The van der Waals surface area contributed by atoms with Gasteiger partial charge in [-0.15, -0.1) is 10.2 Å². The van der Waals surface area contributed by atoms with Crippen molar-refractivity contribution in [3.05, 3.63) is 65.5 Å². The van der Waals surface area contributed by atoms with Gasteiger partial charge in [0.1, 0.15) is 11.6 Å². The summed E-state index contributed by atoms with van der Waals surface area (Å²) in [4.78, 5) is 23.4. The second kappa shape index (κ2) is 9.43. The maximum atomic E-state index is 13.6. The highest BCUT2D eigenvalue weighted by Crippen LogP contribution is 2.29. The van der Waals surface area contributed by atoms with Crippen LogP contribution in [0.2, 0.25) is 0 Å². The summed E-state index contributed by atoms with van der Waals surface area (Å²) in [6.45, 7) is 1.24. The van der Waals surface area contributed by atoms with E-state index in [0.29, 0.717) is 32.1 Å². The molecule has 0 saturated carbocycles. The van der Waals surface area contributed by atoms with Crippen molar-refractivity contribution in [3.63, 3.8) is 0 Å². The van der Waals surface area contributed by atoms with Crippen LogP contribution in [0, 0.1) is 5.82 Å². The summed E-state index contributed by atoms with van der Waals surface area (Å²) < 4.78 is 19.6. The zero-order chi connectivity index (χ0) is 19.9. The topological polar surface area (TPSA) is 81.2 Å². The van der Waals surface area contributed by atoms with Gasteiger partial charge in [-0.3, -0.25) is 14.9 Å². The fourth-order valence-electron chi connectivity index (χ4n) is 2.18. The highest BCUT2D eigenvalue weighted by Gasteiger charge is 2.11. The number of amides is 1. The molecule has 0 bridgehead atoms. The lowest BCUT2D eigenvalue weighted by Gasteiger charge is -2.06. The summed E-state index contributed by atoms with van der Waals surface area (Å²) in [5.41, 5.74) is 1.09. The second-order valence-electron chi connectivity index (χ2n) is 5.67. The number of hydrogen-bond acceptors (Lipinski definition) is 7. The van der Waals surface area contributed by atoms with Crippen molar-refractivity contribution in [2.24, 2.45) is 0 Å². The predicted molar refractivity (Wildman–Crippen MR) is 106 cm³/mol. The van der Waals surface area contributed by atoms with E-state index in [0.717, 1.165) is 0 Å². The molecular weight excluding hydrogens is 401 g/mol. The van der Waals surface area contributed by atoms with Crippen molar-refractivity contribution in [2.45, 2.75) is 17.0 Å². The number of hydrogen-bond donors (Lipinski definition) is 1. The molecule has 0 aliphatic carbocycles. The molecule has 0 aliphatic heterocycles. The largest absolute Gasteiger partial charge is 0.484 e. The molecule has 1 N–H and O–H groups in total. The second-order valence-corrected chi connectivity index (χ2v) is 7.87. The standard InChI is InChI=1S/C19H16FN3O3S2/c1-12(24)13-6-4-7-15(9-13)26-10-17(25)21-18-22-23-19(28-18)27-11-14-5-2-3-8-16(14)20/h2-9H,10-11H2,1H3,(H,21,22,25). The van der Waals surface area contributed by atoms with Crippen LogP contribution in [-0.4, -0.2) is 28.5 Å². The smallest absolute Gasteiger partial charge is 0.264 e. The predicted octanol–water partition coefficient (Wildman–Crippen LogP) is 4.19. The summed E-state index contributed by atoms with van der Waals surface area (Å²) in [7, 11) is 0. The third-order valence-electron chi connectivity index (χ3n) is 3.57. The number of halogens is 1. The Bertz CT molecular complexity index is 994. The van der Waals surface area contributed by atoms with Crippen LogP contribution in [0.4, 0.5) is 9.52 Å². The van der Waals surface area contributed by atoms with Crippen molar-refractivity contribution < 1.29 is 18.7 Å². The van der Waals surface area contributed by atoms with E-state index in [1.807, 2.05) is 0 Å². The van der Waals surface area contributed by atoms with E-state index in [-0.39, 0.29) is 18.2 Å². The summed E-state index contributed by atoms with van der Waals surface area (Å²) in [6.07, 6.45) is 0. The monoisotopic (exact) mass is 417 g/mol. The Morgan fingerprint density at radius 3 is 2.79 bits per heavy atom. The average molecular weight is 417 g/mol. The Morgan fingerprint density at radius 1 is 1.18 bits per heavy atom. The number of nitrogens with zero attached hydrogens (tertiary/aromatic N) is 2. The van der Waals surface area contributed by atoms with Gasteiger partial charge in [-0.1, -0.05) is 53.4 Å². The zero-order valence-electron chi connectivity index (χ0n) is 14.8. The van der Waals surface area contributed by atoms with E-state index in [1.165, 1.54) is 36.1 Å². The first kappa shape index (κ1) is 20.0. The number of ketones is 1. The molecule has 0 fully saturated rings. The number of Topliss-reactive ketones (excluding diaryl/α,β-unsaturated/α-hetero) is 1. The number of thioether (sulfide) groups is 1. The number of carbonyl (C=O) groups is 2. The molecule has 0 radical (unpaired) electrons. The third kappa shape index (κ3) is 5.61. The van der Waals surface area contributed by atoms with Crippen molar-refractivity contribution in [3.8, 4) is 5.75 Å². The molecule has 3 aromatic rings. The minimum atomic E-state index is -0.393. The lowest BCUT2D eigenvalue weighted by atomic mass is 10.1. The first-order valence-electron chi connectivity index (χ1n) is 8.24. The van der Waals surface area contributed by atoms with E-state index in [2.05, 4.69) is 15.5 Å². The molecule has 0 saturated heterocycles. The summed E-state index contributed by atoms with van der Waals surface area (Å²) in [5, 5.41) is 10.8. The minimum absolute atomic E-state index is 0.0795. The van der Waals surface area contributed by atoms with Crippen molar-refractivity contribution >= 4 is 39.9 Å². The molecule has 6 nitrogen and oxygen atoms in total. The SMILES string of the molecule is CC(=O)c1cccc(OCC(=O)Nc2nnc(SCc3ccccc3F)s2)c1.